The summed E-state index contributed by atoms with van der Waals surface area (Å²) in [5.41, 5.74) is 6.77. The van der Waals surface area contributed by atoms with Gasteiger partial charge in [-0.2, -0.15) is 0 Å². The zero-order chi connectivity index (χ0) is 14.5. The standard InChI is InChI=1S/C14H14N2O4/c1-19-13-5-3-2-4-10(13)9-20-14-7-6-11(16(17)18)8-12(14)15/h2-8H,9,15H2,1H3. The van der Waals surface area contributed by atoms with Crippen LogP contribution in [0.2, 0.25) is 0 Å². The van der Waals surface area contributed by atoms with Crippen LogP contribution in [0.4, 0.5) is 11.4 Å². The fourth-order valence-corrected chi connectivity index (χ4v) is 1.76. The number of nitro benzene ring substituents is 1. The van der Waals surface area contributed by atoms with Crippen LogP contribution in [-0.2, 0) is 6.61 Å². The van der Waals surface area contributed by atoms with Gasteiger partial charge in [0.2, 0.25) is 0 Å². The van der Waals surface area contributed by atoms with Crippen LogP contribution >= 0.6 is 0 Å². The second kappa shape index (κ2) is 5.92. The molecule has 0 spiro atoms. The Hall–Kier alpha value is -2.76. The first-order valence-electron chi connectivity index (χ1n) is 5.90. The predicted octanol–water partition coefficient (Wildman–Crippen LogP) is 2.76. The molecule has 0 bridgehead atoms. The van der Waals surface area contributed by atoms with Gasteiger partial charge in [0.05, 0.1) is 17.7 Å². The molecule has 104 valence electrons. The van der Waals surface area contributed by atoms with Crippen molar-refractivity contribution in [3.05, 3.63) is 58.1 Å². The first-order chi connectivity index (χ1) is 9.61. The largest absolute Gasteiger partial charge is 0.496 e. The van der Waals surface area contributed by atoms with Crippen molar-refractivity contribution >= 4 is 11.4 Å². The Morgan fingerprint density at radius 1 is 1.20 bits per heavy atom. The molecule has 0 saturated carbocycles. The Kier molecular flexibility index (Phi) is 4.05. The highest BCUT2D eigenvalue weighted by Crippen LogP contribution is 2.28. The molecule has 2 rings (SSSR count). The van der Waals surface area contributed by atoms with Gasteiger partial charge in [-0.05, 0) is 12.1 Å². The molecule has 6 heteroatoms. The van der Waals surface area contributed by atoms with Crippen molar-refractivity contribution in [3.8, 4) is 11.5 Å². The van der Waals surface area contributed by atoms with Crippen LogP contribution in [-0.4, -0.2) is 12.0 Å². The summed E-state index contributed by atoms with van der Waals surface area (Å²) >= 11 is 0. The lowest BCUT2D eigenvalue weighted by atomic mass is 10.2. The Balaban J connectivity index is 2.13. The van der Waals surface area contributed by atoms with Crippen LogP contribution in [0.5, 0.6) is 11.5 Å². The van der Waals surface area contributed by atoms with E-state index >= 15 is 0 Å². The van der Waals surface area contributed by atoms with Gasteiger partial charge in [-0.25, -0.2) is 0 Å². The highest BCUT2D eigenvalue weighted by atomic mass is 16.6. The molecule has 0 fully saturated rings. The summed E-state index contributed by atoms with van der Waals surface area (Å²) in [4.78, 5) is 10.1. The van der Waals surface area contributed by atoms with Crippen LogP contribution in [0.25, 0.3) is 0 Å². The minimum absolute atomic E-state index is 0.0628. The molecule has 2 N–H and O–H groups in total. The van der Waals surface area contributed by atoms with Gasteiger partial charge in [0.25, 0.3) is 5.69 Å². The molecule has 0 aliphatic heterocycles. The topological polar surface area (TPSA) is 87.6 Å². The number of benzene rings is 2. The number of rotatable bonds is 5. The summed E-state index contributed by atoms with van der Waals surface area (Å²) in [5.74, 6) is 1.12. The van der Waals surface area contributed by atoms with Crippen molar-refractivity contribution in [3.63, 3.8) is 0 Å². The lowest BCUT2D eigenvalue weighted by Crippen LogP contribution is -2.01. The third kappa shape index (κ3) is 2.97. The van der Waals surface area contributed by atoms with Crippen LogP contribution in [0.1, 0.15) is 5.56 Å². The third-order valence-corrected chi connectivity index (χ3v) is 2.78. The number of hydrogen-bond donors (Lipinski definition) is 1. The summed E-state index contributed by atoms with van der Waals surface area (Å²) in [6.45, 7) is 0.270. The monoisotopic (exact) mass is 274 g/mol. The Morgan fingerprint density at radius 2 is 1.95 bits per heavy atom. The van der Waals surface area contributed by atoms with Gasteiger partial charge in [0.1, 0.15) is 18.1 Å². The molecule has 0 saturated heterocycles. The highest BCUT2D eigenvalue weighted by molar-refractivity contribution is 5.58. The zero-order valence-corrected chi connectivity index (χ0v) is 10.9. The van der Waals surface area contributed by atoms with Gasteiger partial charge < -0.3 is 15.2 Å². The fourth-order valence-electron chi connectivity index (χ4n) is 1.76. The average Bonchev–Trinajstić information content (AvgIpc) is 2.46. The van der Waals surface area contributed by atoms with E-state index in [0.717, 1.165) is 5.56 Å². The highest BCUT2D eigenvalue weighted by Gasteiger charge is 2.10. The second-order valence-corrected chi connectivity index (χ2v) is 4.08. The van der Waals surface area contributed by atoms with E-state index < -0.39 is 4.92 Å². The van der Waals surface area contributed by atoms with Gasteiger partial charge in [-0.15, -0.1) is 0 Å². The summed E-state index contributed by atoms with van der Waals surface area (Å²) in [6, 6.07) is 11.6. The molecule has 0 radical (unpaired) electrons. The van der Waals surface area contributed by atoms with Gasteiger partial charge >= 0.3 is 0 Å². The van der Waals surface area contributed by atoms with Crippen molar-refractivity contribution < 1.29 is 14.4 Å². The minimum atomic E-state index is -0.500. The molecule has 0 amide bonds. The first kappa shape index (κ1) is 13.7. The molecule has 0 aliphatic carbocycles. The van der Waals surface area contributed by atoms with E-state index in [0.29, 0.717) is 11.5 Å². The summed E-state index contributed by atoms with van der Waals surface area (Å²) in [5, 5.41) is 10.6. The van der Waals surface area contributed by atoms with E-state index in [1.807, 2.05) is 24.3 Å². The SMILES string of the molecule is COc1ccccc1COc1ccc([N+](=O)[O-])cc1N. The van der Waals surface area contributed by atoms with E-state index in [1.165, 1.54) is 18.2 Å². The molecular formula is C14H14N2O4. The zero-order valence-electron chi connectivity index (χ0n) is 10.9. The average molecular weight is 274 g/mol. The molecule has 0 aromatic heterocycles. The quantitative estimate of drug-likeness (QED) is 0.514. The maximum Gasteiger partial charge on any atom is 0.271 e. The summed E-state index contributed by atoms with van der Waals surface area (Å²) in [6.07, 6.45) is 0. The van der Waals surface area contributed by atoms with E-state index in [9.17, 15) is 10.1 Å². The number of nitrogens with zero attached hydrogens (tertiary/aromatic N) is 1. The normalized spacial score (nSPS) is 10.1. The third-order valence-electron chi connectivity index (χ3n) is 2.78. The van der Waals surface area contributed by atoms with Gasteiger partial charge in [-0.3, -0.25) is 10.1 Å². The maximum absolute atomic E-state index is 10.6. The van der Waals surface area contributed by atoms with Crippen molar-refractivity contribution in [1.82, 2.24) is 0 Å². The Bertz CT molecular complexity index is 628. The van der Waals surface area contributed by atoms with Crippen LogP contribution in [0.3, 0.4) is 0 Å². The van der Waals surface area contributed by atoms with Crippen LogP contribution in [0.15, 0.2) is 42.5 Å². The Labute approximate surface area is 115 Å². The molecule has 0 atom stereocenters. The van der Waals surface area contributed by atoms with Crippen molar-refractivity contribution in [2.75, 3.05) is 12.8 Å². The number of anilines is 1. The van der Waals surface area contributed by atoms with Crippen molar-refractivity contribution in [2.45, 2.75) is 6.61 Å². The number of hydrogen-bond acceptors (Lipinski definition) is 5. The lowest BCUT2D eigenvalue weighted by molar-refractivity contribution is -0.384. The number of non-ortho nitro benzene ring substituents is 1. The van der Waals surface area contributed by atoms with Crippen LogP contribution < -0.4 is 15.2 Å². The van der Waals surface area contributed by atoms with E-state index in [1.54, 1.807) is 7.11 Å². The number of para-hydroxylation sites is 1. The van der Waals surface area contributed by atoms with E-state index in [-0.39, 0.29) is 18.0 Å². The van der Waals surface area contributed by atoms with Gasteiger partial charge in [0.15, 0.2) is 0 Å². The van der Waals surface area contributed by atoms with Gasteiger partial charge in [-0.1, -0.05) is 18.2 Å². The predicted molar refractivity (Wildman–Crippen MR) is 74.8 cm³/mol. The molecular weight excluding hydrogens is 260 g/mol. The van der Waals surface area contributed by atoms with Crippen LogP contribution in [0, 0.1) is 10.1 Å². The minimum Gasteiger partial charge on any atom is -0.496 e. The number of nitrogens with two attached hydrogens (primary N) is 1. The lowest BCUT2D eigenvalue weighted by Gasteiger charge is -2.11. The summed E-state index contributed by atoms with van der Waals surface area (Å²) in [7, 11) is 1.58. The van der Waals surface area contributed by atoms with E-state index in [4.69, 9.17) is 15.2 Å². The maximum atomic E-state index is 10.6. The molecule has 2 aromatic carbocycles. The van der Waals surface area contributed by atoms with Crippen molar-refractivity contribution in [1.29, 1.82) is 0 Å². The molecule has 20 heavy (non-hydrogen) atoms. The molecule has 0 aliphatic rings. The van der Waals surface area contributed by atoms with Gasteiger partial charge in [0, 0.05) is 17.7 Å². The van der Waals surface area contributed by atoms with E-state index in [2.05, 4.69) is 0 Å². The second-order valence-electron chi connectivity index (χ2n) is 4.08. The summed E-state index contributed by atoms with van der Waals surface area (Å²) < 4.78 is 10.8. The molecule has 2 aromatic rings. The smallest absolute Gasteiger partial charge is 0.271 e. The Morgan fingerprint density at radius 3 is 2.60 bits per heavy atom. The number of methoxy groups -OCH3 is 1. The first-order valence-corrected chi connectivity index (χ1v) is 5.90. The number of ether oxygens (including phenoxy) is 2. The molecule has 6 nitrogen and oxygen atoms in total. The van der Waals surface area contributed by atoms with Crippen molar-refractivity contribution in [2.24, 2.45) is 0 Å². The fraction of sp³-hybridized carbons (Fsp3) is 0.143. The number of nitro groups is 1. The molecule has 0 unspecified atom stereocenters. The molecule has 0 heterocycles. The number of nitrogen functional groups attached to an aromatic ring is 1.